The highest BCUT2D eigenvalue weighted by Crippen LogP contribution is 2.35. The molecule has 0 spiro atoms. The van der Waals surface area contributed by atoms with Gasteiger partial charge < -0.3 is 29.2 Å². The molecule has 3 aromatic heterocycles. The third kappa shape index (κ3) is 5.92. The standard InChI is InChI=1S/C32H28F2N4O6/c1-32(2,17-39)38-15-21(18-5-7-19(33)8-6-18)29(40)22(16-38)30(41)36-20-9-10-25(23(34)13-20)44-26-11-12-35-24-14-27(42-3)31(43-4)37-28(24)26/h5-16,39H,17H2,1-4H3,(H,36,41). The molecule has 10 nitrogen and oxygen atoms in total. The van der Waals surface area contributed by atoms with E-state index in [4.69, 9.17) is 14.2 Å². The summed E-state index contributed by atoms with van der Waals surface area (Å²) in [4.78, 5) is 35.4. The van der Waals surface area contributed by atoms with Crippen LogP contribution in [0, 0.1) is 11.6 Å². The summed E-state index contributed by atoms with van der Waals surface area (Å²) in [6, 6.07) is 12.2. The largest absolute Gasteiger partial charge is 0.491 e. The Bertz CT molecular complexity index is 1930. The first-order chi connectivity index (χ1) is 21.0. The van der Waals surface area contributed by atoms with Crippen molar-refractivity contribution in [1.29, 1.82) is 0 Å². The number of rotatable bonds is 9. The van der Waals surface area contributed by atoms with E-state index in [0.717, 1.165) is 6.07 Å². The summed E-state index contributed by atoms with van der Waals surface area (Å²) in [5, 5.41) is 12.5. The molecule has 0 fully saturated rings. The number of hydrogen-bond acceptors (Lipinski definition) is 8. The Hall–Kier alpha value is -5.36. The second kappa shape index (κ2) is 12.1. The Morgan fingerprint density at radius 2 is 1.73 bits per heavy atom. The number of pyridine rings is 3. The van der Waals surface area contributed by atoms with Gasteiger partial charge in [0.1, 0.15) is 16.9 Å². The Morgan fingerprint density at radius 3 is 2.39 bits per heavy atom. The lowest BCUT2D eigenvalue weighted by molar-refractivity contribution is 0.102. The summed E-state index contributed by atoms with van der Waals surface area (Å²) >= 11 is 0. The first-order valence-electron chi connectivity index (χ1n) is 13.3. The number of nitrogens with zero attached hydrogens (tertiary/aromatic N) is 3. The van der Waals surface area contributed by atoms with Crippen LogP contribution in [-0.2, 0) is 5.54 Å². The number of hydrogen-bond donors (Lipinski definition) is 2. The van der Waals surface area contributed by atoms with Crippen molar-refractivity contribution in [3.63, 3.8) is 0 Å². The number of fused-ring (bicyclic) bond motifs is 1. The van der Waals surface area contributed by atoms with Gasteiger partial charge in [-0.1, -0.05) is 12.1 Å². The van der Waals surface area contributed by atoms with Crippen LogP contribution in [-0.4, -0.2) is 46.4 Å². The van der Waals surface area contributed by atoms with Crippen LogP contribution in [0.15, 0.2) is 78.0 Å². The zero-order valence-corrected chi connectivity index (χ0v) is 24.2. The average Bonchev–Trinajstić information content (AvgIpc) is 3.02. The van der Waals surface area contributed by atoms with Gasteiger partial charge >= 0.3 is 0 Å². The Kier molecular flexibility index (Phi) is 8.28. The van der Waals surface area contributed by atoms with Crippen molar-refractivity contribution in [3.8, 4) is 34.3 Å². The fraction of sp³-hybridized carbons (Fsp3) is 0.188. The second-order valence-corrected chi connectivity index (χ2v) is 10.4. The number of aliphatic hydroxyl groups excluding tert-OH is 1. The van der Waals surface area contributed by atoms with Crippen LogP contribution < -0.4 is 25.0 Å². The van der Waals surface area contributed by atoms with Gasteiger partial charge in [0.2, 0.25) is 5.43 Å². The Labute approximate surface area is 250 Å². The van der Waals surface area contributed by atoms with Gasteiger partial charge in [-0.05, 0) is 43.7 Å². The van der Waals surface area contributed by atoms with Crippen molar-refractivity contribution in [1.82, 2.24) is 14.5 Å². The fourth-order valence-corrected chi connectivity index (χ4v) is 4.37. The third-order valence-corrected chi connectivity index (χ3v) is 6.94. The quantitative estimate of drug-likeness (QED) is 0.226. The molecule has 0 aliphatic heterocycles. The van der Waals surface area contributed by atoms with Gasteiger partial charge in [-0.15, -0.1) is 0 Å². The summed E-state index contributed by atoms with van der Waals surface area (Å²) in [6.45, 7) is 3.14. The molecule has 5 rings (SSSR count). The topological polar surface area (TPSA) is 125 Å². The van der Waals surface area contributed by atoms with E-state index in [9.17, 15) is 19.1 Å². The van der Waals surface area contributed by atoms with E-state index in [1.807, 2.05) is 0 Å². The maximum Gasteiger partial charge on any atom is 0.261 e. The smallest absolute Gasteiger partial charge is 0.261 e. The summed E-state index contributed by atoms with van der Waals surface area (Å²) in [6.07, 6.45) is 4.29. The number of halogens is 2. The van der Waals surface area contributed by atoms with Crippen molar-refractivity contribution in [2.75, 3.05) is 26.1 Å². The molecule has 226 valence electrons. The van der Waals surface area contributed by atoms with E-state index >= 15 is 4.39 Å². The summed E-state index contributed by atoms with van der Waals surface area (Å²) in [7, 11) is 2.90. The van der Waals surface area contributed by atoms with Crippen molar-refractivity contribution in [3.05, 3.63) is 101 Å². The molecule has 0 saturated carbocycles. The fourth-order valence-electron chi connectivity index (χ4n) is 4.37. The summed E-state index contributed by atoms with van der Waals surface area (Å²) in [5.74, 6) is -1.48. The van der Waals surface area contributed by atoms with Gasteiger partial charge in [0.25, 0.3) is 11.8 Å². The lowest BCUT2D eigenvalue weighted by atomic mass is 10.0. The molecule has 0 atom stereocenters. The number of nitrogens with one attached hydrogen (secondary N) is 1. The normalized spacial score (nSPS) is 11.3. The number of methoxy groups -OCH3 is 2. The molecule has 2 aromatic carbocycles. The summed E-state index contributed by atoms with van der Waals surface area (Å²) in [5.41, 5.74) is -0.451. The Morgan fingerprint density at radius 1 is 0.977 bits per heavy atom. The lowest BCUT2D eigenvalue weighted by Gasteiger charge is -2.27. The molecule has 0 bridgehead atoms. The lowest BCUT2D eigenvalue weighted by Crippen LogP contribution is -2.34. The van der Waals surface area contributed by atoms with Crippen LogP contribution in [0.2, 0.25) is 0 Å². The maximum atomic E-state index is 15.2. The van der Waals surface area contributed by atoms with Gasteiger partial charge in [0.05, 0.1) is 31.9 Å². The molecule has 0 unspecified atom stereocenters. The number of amides is 1. The molecule has 12 heteroatoms. The van der Waals surface area contributed by atoms with Crippen LogP contribution in [0.25, 0.3) is 22.2 Å². The highest BCUT2D eigenvalue weighted by molar-refractivity contribution is 6.04. The van der Waals surface area contributed by atoms with Crippen molar-refractivity contribution >= 4 is 22.6 Å². The number of anilines is 1. The van der Waals surface area contributed by atoms with Crippen molar-refractivity contribution in [2.24, 2.45) is 0 Å². The van der Waals surface area contributed by atoms with Crippen LogP contribution in [0.4, 0.5) is 14.5 Å². The van der Waals surface area contributed by atoms with Crippen LogP contribution in [0.1, 0.15) is 24.2 Å². The van der Waals surface area contributed by atoms with E-state index in [-0.39, 0.29) is 40.8 Å². The molecule has 5 aromatic rings. The summed E-state index contributed by atoms with van der Waals surface area (Å²) < 4.78 is 46.6. The van der Waals surface area contributed by atoms with Gasteiger partial charge in [0.15, 0.2) is 23.1 Å². The van der Waals surface area contributed by atoms with Crippen LogP contribution >= 0.6 is 0 Å². The molecule has 0 aliphatic rings. The van der Waals surface area contributed by atoms with Crippen molar-refractivity contribution < 1.29 is 32.9 Å². The highest BCUT2D eigenvalue weighted by Gasteiger charge is 2.24. The minimum atomic E-state index is -0.885. The first kappa shape index (κ1) is 30.1. The molecule has 0 aliphatic carbocycles. The number of aliphatic hydroxyl groups is 1. The maximum absolute atomic E-state index is 15.2. The van der Waals surface area contributed by atoms with Gasteiger partial charge in [0, 0.05) is 48.0 Å². The molecule has 3 heterocycles. The SMILES string of the molecule is COc1cc2nccc(Oc3ccc(NC(=O)c4cn(C(C)(C)CO)cc(-c5ccc(F)cc5)c4=O)cc3F)c2nc1OC. The number of aromatic nitrogens is 3. The third-order valence-electron chi connectivity index (χ3n) is 6.94. The molecular weight excluding hydrogens is 574 g/mol. The van der Waals surface area contributed by atoms with Gasteiger partial charge in [-0.3, -0.25) is 14.6 Å². The van der Waals surface area contributed by atoms with E-state index in [0.29, 0.717) is 22.3 Å². The second-order valence-electron chi connectivity index (χ2n) is 10.4. The van der Waals surface area contributed by atoms with Crippen LogP contribution in [0.5, 0.6) is 23.1 Å². The van der Waals surface area contributed by atoms with E-state index in [1.54, 1.807) is 19.9 Å². The predicted molar refractivity (Wildman–Crippen MR) is 160 cm³/mol. The number of carbonyl (C=O) groups excluding carboxylic acids is 1. The highest BCUT2D eigenvalue weighted by atomic mass is 19.1. The predicted octanol–water partition coefficient (Wildman–Crippen LogP) is 5.53. The van der Waals surface area contributed by atoms with E-state index in [1.165, 1.54) is 79.8 Å². The van der Waals surface area contributed by atoms with Gasteiger partial charge in [-0.2, -0.15) is 0 Å². The monoisotopic (exact) mass is 602 g/mol. The zero-order valence-electron chi connectivity index (χ0n) is 24.2. The molecule has 2 N–H and O–H groups in total. The Balaban J connectivity index is 1.45. The molecule has 44 heavy (non-hydrogen) atoms. The number of ether oxygens (including phenoxy) is 3. The zero-order chi connectivity index (χ0) is 31.6. The minimum Gasteiger partial charge on any atom is -0.491 e. The number of carbonyl (C=O) groups is 1. The van der Waals surface area contributed by atoms with E-state index in [2.05, 4.69) is 15.3 Å². The molecule has 1 amide bonds. The first-order valence-corrected chi connectivity index (χ1v) is 13.3. The number of benzene rings is 2. The van der Waals surface area contributed by atoms with E-state index < -0.39 is 28.5 Å². The molecule has 0 radical (unpaired) electrons. The van der Waals surface area contributed by atoms with Crippen molar-refractivity contribution in [2.45, 2.75) is 19.4 Å². The molecular formula is C32H28F2N4O6. The van der Waals surface area contributed by atoms with Crippen LogP contribution in [0.3, 0.4) is 0 Å². The minimum absolute atomic E-state index is 0.0588. The average molecular weight is 603 g/mol. The van der Waals surface area contributed by atoms with Gasteiger partial charge in [-0.25, -0.2) is 13.8 Å². The molecule has 0 saturated heterocycles.